The Morgan fingerprint density at radius 3 is 2.52 bits per heavy atom. The minimum Gasteiger partial charge on any atom is -0.419 e. The van der Waals surface area contributed by atoms with E-state index in [4.69, 9.17) is 16.0 Å². The monoisotopic (exact) mass is 411 g/mol. The largest absolute Gasteiger partial charge is 0.419 e. The number of para-hydroxylation sites is 1. The maximum Gasteiger partial charge on any atom is 0.319 e. The molecule has 0 atom stereocenters. The molecule has 2 amide bonds. The highest BCUT2D eigenvalue weighted by Gasteiger charge is 2.22. The number of nitrogens with one attached hydrogen (secondary N) is 2. The maximum atomic E-state index is 12.1. The Kier molecular flexibility index (Phi) is 6.07. The van der Waals surface area contributed by atoms with Crippen LogP contribution in [0.4, 0.5) is 10.5 Å². The summed E-state index contributed by atoms with van der Waals surface area (Å²) < 4.78 is 5.78. The number of urea groups is 1. The van der Waals surface area contributed by atoms with Crippen molar-refractivity contribution in [3.63, 3.8) is 0 Å². The van der Waals surface area contributed by atoms with Crippen molar-refractivity contribution in [2.75, 3.05) is 18.4 Å². The van der Waals surface area contributed by atoms with Crippen LogP contribution in [0.5, 0.6) is 0 Å². The molecule has 8 heteroatoms. The van der Waals surface area contributed by atoms with E-state index in [1.165, 1.54) is 0 Å². The van der Waals surface area contributed by atoms with Gasteiger partial charge in [0.1, 0.15) is 0 Å². The van der Waals surface area contributed by atoms with Gasteiger partial charge < -0.3 is 15.1 Å². The van der Waals surface area contributed by atoms with Gasteiger partial charge in [0.25, 0.3) is 0 Å². The number of carbonyl (C=O) groups is 1. The zero-order valence-electron chi connectivity index (χ0n) is 15.8. The molecular weight excluding hydrogens is 390 g/mol. The molecule has 4 rings (SSSR count). The lowest BCUT2D eigenvalue weighted by atomic mass is 10.1. The number of piperidine rings is 1. The van der Waals surface area contributed by atoms with Crippen LogP contribution in [0.3, 0.4) is 0 Å². The third kappa shape index (κ3) is 5.34. The Hall–Kier alpha value is -2.90. The molecule has 2 aromatic carbocycles. The molecule has 29 heavy (non-hydrogen) atoms. The predicted octanol–water partition coefficient (Wildman–Crippen LogP) is 4.18. The van der Waals surface area contributed by atoms with E-state index in [0.717, 1.165) is 37.2 Å². The number of amides is 2. The molecule has 0 unspecified atom stereocenters. The molecule has 0 aliphatic carbocycles. The summed E-state index contributed by atoms with van der Waals surface area (Å²) in [4.78, 5) is 14.4. The Morgan fingerprint density at radius 1 is 1.07 bits per heavy atom. The highest BCUT2D eigenvalue weighted by atomic mass is 35.5. The molecule has 1 fully saturated rings. The molecule has 1 aliphatic heterocycles. The highest BCUT2D eigenvalue weighted by Crippen LogP contribution is 2.21. The zero-order chi connectivity index (χ0) is 20.1. The first-order valence-electron chi connectivity index (χ1n) is 9.59. The number of anilines is 1. The van der Waals surface area contributed by atoms with Gasteiger partial charge in [0.15, 0.2) is 0 Å². The molecule has 1 saturated heterocycles. The van der Waals surface area contributed by atoms with E-state index in [-0.39, 0.29) is 12.1 Å². The molecular formula is C21H22ClN5O2. The van der Waals surface area contributed by atoms with Gasteiger partial charge in [-0.05, 0) is 49.2 Å². The van der Waals surface area contributed by atoms with Crippen molar-refractivity contribution in [3.05, 3.63) is 65.5 Å². The second-order valence-corrected chi connectivity index (χ2v) is 7.46. The first kappa shape index (κ1) is 19.4. The molecule has 2 N–H and O–H groups in total. The summed E-state index contributed by atoms with van der Waals surface area (Å²) in [6.45, 7) is 2.31. The van der Waals surface area contributed by atoms with E-state index in [2.05, 4.69) is 25.7 Å². The normalized spacial score (nSPS) is 15.2. The molecule has 0 radical (unpaired) electrons. The van der Waals surface area contributed by atoms with Crippen LogP contribution in [-0.4, -0.2) is 40.3 Å². The lowest BCUT2D eigenvalue weighted by Crippen LogP contribution is -2.45. The van der Waals surface area contributed by atoms with Gasteiger partial charge in [-0.2, -0.15) is 0 Å². The number of rotatable bonds is 5. The van der Waals surface area contributed by atoms with Crippen molar-refractivity contribution >= 4 is 23.3 Å². The Balaban J connectivity index is 1.24. The summed E-state index contributed by atoms with van der Waals surface area (Å²) in [5.74, 6) is 1.08. The minimum atomic E-state index is -0.167. The van der Waals surface area contributed by atoms with Gasteiger partial charge in [0.2, 0.25) is 11.8 Å². The maximum absolute atomic E-state index is 12.1. The van der Waals surface area contributed by atoms with Crippen molar-refractivity contribution in [3.8, 4) is 11.5 Å². The fourth-order valence-corrected chi connectivity index (χ4v) is 3.45. The molecule has 0 bridgehead atoms. The summed E-state index contributed by atoms with van der Waals surface area (Å²) in [6.07, 6.45) is 1.75. The fraction of sp³-hybridized carbons (Fsp3) is 0.286. The second-order valence-electron chi connectivity index (χ2n) is 7.02. The van der Waals surface area contributed by atoms with Crippen molar-refractivity contribution in [2.45, 2.75) is 25.4 Å². The van der Waals surface area contributed by atoms with E-state index in [0.29, 0.717) is 23.3 Å². The molecule has 3 aromatic rings. The molecule has 150 valence electrons. The second kappa shape index (κ2) is 9.07. The van der Waals surface area contributed by atoms with Crippen LogP contribution in [0.1, 0.15) is 18.7 Å². The van der Waals surface area contributed by atoms with E-state index in [1.54, 1.807) is 12.1 Å². The van der Waals surface area contributed by atoms with Crippen molar-refractivity contribution in [1.29, 1.82) is 0 Å². The Bertz CT molecular complexity index is 937. The van der Waals surface area contributed by atoms with Crippen molar-refractivity contribution in [1.82, 2.24) is 20.4 Å². The van der Waals surface area contributed by atoms with Gasteiger partial charge in [0, 0.05) is 35.4 Å². The first-order chi connectivity index (χ1) is 14.2. The summed E-state index contributed by atoms with van der Waals surface area (Å²) in [6, 6.07) is 16.7. The van der Waals surface area contributed by atoms with E-state index >= 15 is 0 Å². The zero-order valence-corrected chi connectivity index (χ0v) is 16.6. The smallest absolute Gasteiger partial charge is 0.319 e. The lowest BCUT2D eigenvalue weighted by molar-refractivity contribution is 0.177. The molecule has 1 aliphatic rings. The molecule has 1 aromatic heterocycles. The molecule has 7 nitrogen and oxygen atoms in total. The highest BCUT2D eigenvalue weighted by molar-refractivity contribution is 6.30. The number of benzene rings is 2. The molecule has 0 spiro atoms. The Labute approximate surface area is 174 Å². The van der Waals surface area contributed by atoms with E-state index < -0.39 is 0 Å². The third-order valence-electron chi connectivity index (χ3n) is 4.87. The summed E-state index contributed by atoms with van der Waals surface area (Å²) >= 11 is 5.91. The van der Waals surface area contributed by atoms with Crippen LogP contribution < -0.4 is 10.6 Å². The number of likely N-dealkylation sites (tertiary alicyclic amines) is 1. The average molecular weight is 412 g/mol. The first-order valence-corrected chi connectivity index (χ1v) is 9.97. The SMILES string of the molecule is O=C(Nc1ccccc1)NC1CCN(Cc2nnc(-c3ccc(Cl)cc3)o2)CC1. The van der Waals surface area contributed by atoms with Crippen LogP contribution in [-0.2, 0) is 6.54 Å². The van der Waals surface area contributed by atoms with E-state index in [1.807, 2.05) is 42.5 Å². The van der Waals surface area contributed by atoms with Crippen LogP contribution >= 0.6 is 11.6 Å². The van der Waals surface area contributed by atoms with E-state index in [9.17, 15) is 4.79 Å². The number of halogens is 1. The van der Waals surface area contributed by atoms with Gasteiger partial charge in [0.05, 0.1) is 6.54 Å². The number of nitrogens with zero attached hydrogens (tertiary/aromatic N) is 3. The number of aromatic nitrogens is 2. The Morgan fingerprint density at radius 2 is 1.79 bits per heavy atom. The van der Waals surface area contributed by atoms with Crippen molar-refractivity contribution < 1.29 is 9.21 Å². The van der Waals surface area contributed by atoms with Crippen LogP contribution in [0.15, 0.2) is 59.0 Å². The summed E-state index contributed by atoms with van der Waals surface area (Å²) in [5, 5.41) is 14.8. The third-order valence-corrected chi connectivity index (χ3v) is 5.12. The number of hydrogen-bond donors (Lipinski definition) is 2. The van der Waals surface area contributed by atoms with Crippen molar-refractivity contribution in [2.24, 2.45) is 0 Å². The number of carbonyl (C=O) groups excluding carboxylic acids is 1. The average Bonchev–Trinajstić information content (AvgIpc) is 3.19. The van der Waals surface area contributed by atoms with Gasteiger partial charge in [-0.25, -0.2) is 4.79 Å². The minimum absolute atomic E-state index is 0.155. The van der Waals surface area contributed by atoms with Gasteiger partial charge in [-0.15, -0.1) is 10.2 Å². The standard InChI is InChI=1S/C21H22ClN5O2/c22-16-8-6-15(7-9-16)20-26-25-19(29-20)14-27-12-10-18(11-13-27)24-21(28)23-17-4-2-1-3-5-17/h1-9,18H,10-14H2,(H2,23,24,28). The fourth-order valence-electron chi connectivity index (χ4n) is 3.33. The molecule has 2 heterocycles. The van der Waals surface area contributed by atoms with Crippen LogP contribution in [0, 0.1) is 0 Å². The summed E-state index contributed by atoms with van der Waals surface area (Å²) in [5.41, 5.74) is 1.64. The van der Waals surface area contributed by atoms with Gasteiger partial charge in [-0.3, -0.25) is 4.90 Å². The lowest BCUT2D eigenvalue weighted by Gasteiger charge is -2.31. The van der Waals surface area contributed by atoms with Crippen LogP contribution in [0.25, 0.3) is 11.5 Å². The summed E-state index contributed by atoms with van der Waals surface area (Å²) in [7, 11) is 0. The topological polar surface area (TPSA) is 83.3 Å². The number of hydrogen-bond acceptors (Lipinski definition) is 5. The molecule has 0 saturated carbocycles. The van der Waals surface area contributed by atoms with Crippen LogP contribution in [0.2, 0.25) is 5.02 Å². The van der Waals surface area contributed by atoms with Gasteiger partial charge >= 0.3 is 6.03 Å². The quantitative estimate of drug-likeness (QED) is 0.658. The predicted molar refractivity (Wildman–Crippen MR) is 112 cm³/mol. The van der Waals surface area contributed by atoms with Gasteiger partial charge in [-0.1, -0.05) is 29.8 Å².